The summed E-state index contributed by atoms with van der Waals surface area (Å²) in [7, 11) is -5.89. The van der Waals surface area contributed by atoms with Gasteiger partial charge in [0.25, 0.3) is 0 Å². The molecular formula is C27H38N10O10P2SSi. The predicted octanol–water partition coefficient (Wildman–Crippen LogP) is 3.03. The Bertz CT molecular complexity index is 2070. The van der Waals surface area contributed by atoms with Gasteiger partial charge in [-0.25, -0.2) is 34.5 Å². The number of hydrogen-bond donors (Lipinski definition) is 3. The van der Waals surface area contributed by atoms with Crippen molar-refractivity contribution in [1.29, 1.82) is 0 Å². The molecule has 0 spiro atoms. The summed E-state index contributed by atoms with van der Waals surface area (Å²) in [5.74, 6) is 0.341. The van der Waals surface area contributed by atoms with Crippen LogP contribution in [0.3, 0.4) is 0 Å². The second-order valence-corrected chi connectivity index (χ2v) is 23.0. The van der Waals surface area contributed by atoms with Gasteiger partial charge in [-0.2, -0.15) is 0 Å². The molecule has 4 saturated heterocycles. The van der Waals surface area contributed by atoms with Gasteiger partial charge < -0.3 is 34.6 Å². The third kappa shape index (κ3) is 6.02. The molecule has 4 aliphatic rings. The molecule has 4 bridgehead atoms. The Balaban J connectivity index is 1.15. The highest BCUT2D eigenvalue weighted by atomic mass is 32.7. The van der Waals surface area contributed by atoms with Crippen LogP contribution >= 0.6 is 27.3 Å². The first-order chi connectivity index (χ1) is 24.1. The molecule has 8 heterocycles. The first-order valence-corrected chi connectivity index (χ1v) is 22.9. The number of hydrogen-bond acceptors (Lipinski definition) is 18. The Labute approximate surface area is 298 Å². The highest BCUT2D eigenvalue weighted by molar-refractivity contribution is 8.44. The van der Waals surface area contributed by atoms with Crippen LogP contribution in [0.5, 0.6) is 0 Å². The number of anilines is 2. The lowest BCUT2D eigenvalue weighted by Crippen LogP contribution is -2.50. The fraction of sp³-hybridized carbons (Fsp3) is 0.630. The van der Waals surface area contributed by atoms with E-state index in [0.29, 0.717) is 22.3 Å². The Morgan fingerprint density at radius 3 is 2.24 bits per heavy atom. The first-order valence-electron chi connectivity index (χ1n) is 16.1. The molecule has 4 N–H and O–H groups in total. The topological polar surface area (TPSA) is 247 Å². The lowest BCUT2D eigenvalue weighted by atomic mass is 10.0. The average molecular weight is 785 g/mol. The van der Waals surface area contributed by atoms with E-state index < -0.39 is 71.9 Å². The van der Waals surface area contributed by atoms with Crippen LogP contribution in [0.1, 0.15) is 33.2 Å². The molecule has 4 aromatic rings. The molecule has 51 heavy (non-hydrogen) atoms. The maximum atomic E-state index is 14.1. The van der Waals surface area contributed by atoms with Crippen molar-refractivity contribution in [1.82, 2.24) is 39.0 Å². The smallest absolute Gasteiger partial charge is 0.386 e. The van der Waals surface area contributed by atoms with Crippen LogP contribution in [0.2, 0.25) is 18.1 Å². The number of thiol groups is 1. The molecule has 2 unspecified atom stereocenters. The van der Waals surface area contributed by atoms with Gasteiger partial charge in [-0.3, -0.25) is 27.3 Å². The molecule has 20 nitrogen and oxygen atoms in total. The number of nitrogens with two attached hydrogens (primary N) is 2. The van der Waals surface area contributed by atoms with E-state index in [-0.39, 0.29) is 36.5 Å². The molecule has 0 aromatic carbocycles. The number of aromatic nitrogens is 8. The van der Waals surface area contributed by atoms with Crippen molar-refractivity contribution in [2.75, 3.05) is 31.3 Å². The third-order valence-electron chi connectivity index (χ3n) is 10.1. The molecule has 4 fully saturated rings. The first kappa shape index (κ1) is 35.4. The van der Waals surface area contributed by atoms with E-state index in [2.05, 4.69) is 76.0 Å². The van der Waals surface area contributed by atoms with Gasteiger partial charge in [-0.05, 0) is 18.1 Å². The van der Waals surface area contributed by atoms with Crippen molar-refractivity contribution >= 4 is 69.6 Å². The van der Waals surface area contributed by atoms with Crippen molar-refractivity contribution in [3.63, 3.8) is 0 Å². The van der Waals surface area contributed by atoms with Crippen LogP contribution in [0.4, 0.5) is 11.6 Å². The van der Waals surface area contributed by atoms with E-state index in [1.54, 1.807) is 9.13 Å². The summed E-state index contributed by atoms with van der Waals surface area (Å²) in [5, 5.41) is -0.237. The molecule has 0 radical (unpaired) electrons. The SMILES string of the molecule is CC(C)(C)[Si](C)(C)OC1[C@H]2O[PH](=O)OC[C@@]34CO[C@@H]([C@H](n5cnc6c(N)ncnc65)O3)[C@@H]4O[P@@](=O)(S)OC[C@H]1O[C@H]2n1cnc2c(N)ncnc21. The van der Waals surface area contributed by atoms with Crippen molar-refractivity contribution < 1.29 is 45.9 Å². The largest absolute Gasteiger partial charge is 0.408 e. The second-order valence-electron chi connectivity index (χ2n) is 14.3. The fourth-order valence-electron chi connectivity index (χ4n) is 6.51. The molecule has 4 aliphatic heterocycles. The van der Waals surface area contributed by atoms with Gasteiger partial charge in [0.1, 0.15) is 59.8 Å². The number of rotatable bonds is 4. The van der Waals surface area contributed by atoms with Gasteiger partial charge in [-0.1, -0.05) is 33.0 Å². The lowest BCUT2D eigenvalue weighted by molar-refractivity contribution is -0.182. The summed E-state index contributed by atoms with van der Waals surface area (Å²) in [6.07, 6.45) is -1.07. The van der Waals surface area contributed by atoms with Crippen LogP contribution in [0.15, 0.2) is 25.3 Å². The molecule has 0 aliphatic carbocycles. The van der Waals surface area contributed by atoms with Gasteiger partial charge in [0.05, 0.1) is 32.5 Å². The Hall–Kier alpha value is -2.59. The van der Waals surface area contributed by atoms with Crippen molar-refractivity contribution in [2.45, 2.75) is 87.5 Å². The summed E-state index contributed by atoms with van der Waals surface area (Å²) in [5.41, 5.74) is 12.1. The van der Waals surface area contributed by atoms with Gasteiger partial charge in [-0.15, -0.1) is 0 Å². The highest BCUT2D eigenvalue weighted by Gasteiger charge is 2.65. The minimum Gasteiger partial charge on any atom is -0.408 e. The highest BCUT2D eigenvalue weighted by Crippen LogP contribution is 2.61. The zero-order chi connectivity index (χ0) is 36.1. The second kappa shape index (κ2) is 12.5. The van der Waals surface area contributed by atoms with E-state index in [0.717, 1.165) is 0 Å². The van der Waals surface area contributed by atoms with Crippen LogP contribution in [0, 0.1) is 0 Å². The zero-order valence-corrected chi connectivity index (χ0v) is 32.0. The van der Waals surface area contributed by atoms with Crippen molar-refractivity contribution in [3.05, 3.63) is 25.3 Å². The molecule has 8 rings (SSSR count). The molecule has 0 saturated carbocycles. The summed E-state index contributed by atoms with van der Waals surface area (Å²) in [4.78, 5) is 25.4. The van der Waals surface area contributed by atoms with E-state index >= 15 is 0 Å². The molecular weight excluding hydrogens is 746 g/mol. The van der Waals surface area contributed by atoms with Crippen LogP contribution in [0.25, 0.3) is 22.3 Å². The molecule has 10 atom stereocenters. The summed E-state index contributed by atoms with van der Waals surface area (Å²) in [6.45, 7) is 5.48. The number of fused-ring (bicyclic) bond motifs is 4. The number of ether oxygens (including phenoxy) is 3. The maximum Gasteiger partial charge on any atom is 0.386 e. The molecule has 0 amide bonds. The third-order valence-corrected chi connectivity index (χ3v) is 17.1. The molecule has 4 aromatic heterocycles. The minimum absolute atomic E-state index is 0.0530. The number of nitrogens with zero attached hydrogens (tertiary/aromatic N) is 8. The van der Waals surface area contributed by atoms with E-state index in [1.165, 1.54) is 25.3 Å². The fourth-order valence-corrected chi connectivity index (χ4v) is 10.2. The summed E-state index contributed by atoms with van der Waals surface area (Å²) in [6, 6.07) is 0. The monoisotopic (exact) mass is 784 g/mol. The van der Waals surface area contributed by atoms with Crippen LogP contribution in [-0.2, 0) is 45.9 Å². The van der Waals surface area contributed by atoms with Gasteiger partial charge >= 0.3 is 15.1 Å². The van der Waals surface area contributed by atoms with Crippen LogP contribution < -0.4 is 11.5 Å². The van der Waals surface area contributed by atoms with Gasteiger partial charge in [0.15, 0.2) is 43.7 Å². The molecule has 276 valence electrons. The summed E-state index contributed by atoms with van der Waals surface area (Å²) >= 11 is 4.37. The lowest BCUT2D eigenvalue weighted by Gasteiger charge is -2.40. The maximum absolute atomic E-state index is 14.1. The standard InChI is InChI=1S/C27H38N10O10P2SSi/c1-26(2,3)51(4,5)47-16-13-6-42-49(39,50)46-19-18-25(37-12-35-15-21(29)31-10-33-23(15)37)44-27(19,7-40-18)8-41-48(38)45-17(16)24(43-13)36-11-34-14-20(28)30-9-32-22(14)36/h9-13,16-19,24-25,48H,6-8H2,1-5H3,(H,39,50)(H2,28,30,32)(H2,29,31,33)/t13-,16?,17-,18-,19+,24-,25-,27-,49+/m1/s1. The van der Waals surface area contributed by atoms with Gasteiger partial charge in [0, 0.05) is 0 Å². The van der Waals surface area contributed by atoms with E-state index in [9.17, 15) is 9.13 Å². The Kier molecular flexibility index (Phi) is 8.68. The predicted molar refractivity (Wildman–Crippen MR) is 185 cm³/mol. The minimum atomic E-state index is -4.19. The van der Waals surface area contributed by atoms with Gasteiger partial charge in [0.2, 0.25) is 0 Å². The normalized spacial score (nSPS) is 36.2. The number of imidazole rings is 2. The average Bonchev–Trinajstić information content (AvgIpc) is 3.87. The van der Waals surface area contributed by atoms with Crippen LogP contribution in [-0.4, -0.2) is 103 Å². The van der Waals surface area contributed by atoms with Crippen molar-refractivity contribution in [3.8, 4) is 0 Å². The van der Waals surface area contributed by atoms with E-state index in [1.807, 2.05) is 0 Å². The summed E-state index contributed by atoms with van der Waals surface area (Å²) < 4.78 is 81.5. The Morgan fingerprint density at radius 2 is 1.61 bits per heavy atom. The van der Waals surface area contributed by atoms with E-state index in [4.69, 9.17) is 48.2 Å². The number of nitrogen functional groups attached to an aromatic ring is 2. The van der Waals surface area contributed by atoms with Crippen molar-refractivity contribution in [2.24, 2.45) is 0 Å². The molecule has 24 heteroatoms. The zero-order valence-electron chi connectivity index (χ0n) is 28.2. The quantitative estimate of drug-likeness (QED) is 0.153. The Morgan fingerprint density at radius 1 is 0.980 bits per heavy atom.